The summed E-state index contributed by atoms with van der Waals surface area (Å²) in [7, 11) is -2.15. The summed E-state index contributed by atoms with van der Waals surface area (Å²) in [6.45, 7) is 10.8. The molecule has 0 saturated carbocycles. The average Bonchev–Trinajstić information content (AvgIpc) is 2.91. The summed E-state index contributed by atoms with van der Waals surface area (Å²) >= 11 is 0. The lowest BCUT2D eigenvalue weighted by Crippen LogP contribution is -2.55. The van der Waals surface area contributed by atoms with Crippen molar-refractivity contribution in [3.63, 3.8) is 0 Å². The Labute approximate surface area is 215 Å². The third-order valence-electron chi connectivity index (χ3n) is 7.53. The van der Waals surface area contributed by atoms with Gasteiger partial charge in [-0.25, -0.2) is 4.57 Å². The maximum Gasteiger partial charge on any atom is 0.475 e. The summed E-state index contributed by atoms with van der Waals surface area (Å²) in [5.74, 6) is 1.75. The first-order chi connectivity index (χ1) is 17.5. The molecule has 7 nitrogen and oxygen atoms in total. The topological polar surface area (TPSA) is 70.1 Å². The molecule has 0 aliphatic carbocycles. The Morgan fingerprint density at radius 1 is 1.19 bits per heavy atom. The smallest absolute Gasteiger partial charge is 0.475 e. The first-order valence-corrected chi connectivity index (χ1v) is 14.8. The Morgan fingerprint density at radius 2 is 1.94 bits per heavy atom. The highest BCUT2D eigenvalue weighted by Gasteiger charge is 2.46. The number of rotatable bonds is 14. The van der Waals surface area contributed by atoms with Crippen molar-refractivity contribution in [2.45, 2.75) is 64.5 Å². The largest absolute Gasteiger partial charge is 0.497 e. The fraction of sp³-hybridized carbons (Fsp3) is 0.607. The Morgan fingerprint density at radius 3 is 2.56 bits per heavy atom. The van der Waals surface area contributed by atoms with Crippen molar-refractivity contribution in [3.05, 3.63) is 48.7 Å². The molecule has 4 heterocycles. The Balaban J connectivity index is 1.74. The van der Waals surface area contributed by atoms with E-state index in [0.717, 1.165) is 73.8 Å². The van der Waals surface area contributed by atoms with Crippen LogP contribution in [0.2, 0.25) is 0 Å². The van der Waals surface area contributed by atoms with Crippen LogP contribution in [0, 0.1) is 11.8 Å². The Bertz CT molecular complexity index is 1050. The minimum absolute atomic E-state index is 0.0506. The van der Waals surface area contributed by atoms with Crippen molar-refractivity contribution in [1.82, 2.24) is 9.88 Å². The maximum atomic E-state index is 14.0. The lowest BCUT2D eigenvalue weighted by molar-refractivity contribution is -0.0485. The van der Waals surface area contributed by atoms with E-state index in [1.165, 1.54) is 0 Å². The van der Waals surface area contributed by atoms with Gasteiger partial charge in [0.1, 0.15) is 11.9 Å². The van der Waals surface area contributed by atoms with Crippen LogP contribution in [0.4, 0.5) is 0 Å². The zero-order valence-electron chi connectivity index (χ0n) is 21.9. The lowest BCUT2D eigenvalue weighted by Gasteiger charge is -2.51. The molecule has 2 bridgehead atoms. The number of ether oxygens (including phenoxy) is 1. The number of methoxy groups -OCH3 is 1. The molecule has 8 heteroatoms. The van der Waals surface area contributed by atoms with Gasteiger partial charge in [-0.05, 0) is 73.9 Å². The van der Waals surface area contributed by atoms with Crippen LogP contribution in [0.1, 0.15) is 64.0 Å². The minimum atomic E-state index is -3.81. The third kappa shape index (κ3) is 6.20. The Hall–Kier alpha value is -1.76. The van der Waals surface area contributed by atoms with Gasteiger partial charge in [0.2, 0.25) is 0 Å². The molecule has 0 N–H and O–H groups in total. The standard InChI is InChI=1S/C28H41N2O5P/c1-5-8-16-33-36(31,34-17-9-6-2)35-28(27-18-22-13-15-30(27)20-21(22)7-3)24-12-14-29-26-11-10-23(32-4)19-25(24)26/h7,10-12,14,19,21-22,27-28H,3,5-6,8-9,13,15-18,20H2,1-2,4H3/t21-,22?,27-,28+/m0/s1. The lowest BCUT2D eigenvalue weighted by atomic mass is 9.73. The molecule has 198 valence electrons. The van der Waals surface area contributed by atoms with Crippen LogP contribution in [0.15, 0.2) is 43.1 Å². The number of hydrogen-bond donors (Lipinski definition) is 0. The van der Waals surface area contributed by atoms with E-state index in [1.54, 1.807) is 13.3 Å². The van der Waals surface area contributed by atoms with Crippen molar-refractivity contribution in [1.29, 1.82) is 0 Å². The van der Waals surface area contributed by atoms with E-state index >= 15 is 0 Å². The van der Waals surface area contributed by atoms with Gasteiger partial charge in [-0.3, -0.25) is 23.5 Å². The number of aromatic nitrogens is 1. The summed E-state index contributed by atoms with van der Waals surface area (Å²) in [5.41, 5.74) is 1.78. The maximum absolute atomic E-state index is 14.0. The van der Waals surface area contributed by atoms with Crippen LogP contribution in [-0.4, -0.2) is 49.3 Å². The van der Waals surface area contributed by atoms with Gasteiger partial charge in [-0.1, -0.05) is 32.8 Å². The summed E-state index contributed by atoms with van der Waals surface area (Å²) in [5, 5.41) is 0.929. The first-order valence-electron chi connectivity index (χ1n) is 13.4. The van der Waals surface area contributed by atoms with Crippen LogP contribution in [0.3, 0.4) is 0 Å². The Kier molecular flexibility index (Phi) is 9.59. The van der Waals surface area contributed by atoms with E-state index in [4.69, 9.17) is 18.3 Å². The number of phosphoric ester groups is 1. The molecule has 3 aliphatic rings. The van der Waals surface area contributed by atoms with Gasteiger partial charge in [-0.15, -0.1) is 6.58 Å². The molecule has 3 aliphatic heterocycles. The average molecular weight is 517 g/mol. The highest BCUT2D eigenvalue weighted by atomic mass is 31.2. The third-order valence-corrected chi connectivity index (χ3v) is 9.01. The van der Waals surface area contributed by atoms with Gasteiger partial charge >= 0.3 is 7.82 Å². The number of phosphoric acid groups is 1. The minimum Gasteiger partial charge on any atom is -0.497 e. The number of unbranched alkanes of at least 4 members (excludes halogenated alkanes) is 2. The molecule has 5 rings (SSSR count). The SMILES string of the molecule is C=C[C@H]1CN2CCC1C[C@H]2[C@H](OP(=O)(OCCCC)OCCCC)c1ccnc2ccc(OC)cc12. The molecule has 3 saturated heterocycles. The molecular weight excluding hydrogens is 475 g/mol. The van der Waals surface area contributed by atoms with E-state index in [2.05, 4.69) is 36.4 Å². The van der Waals surface area contributed by atoms with Crippen LogP contribution in [0.5, 0.6) is 5.75 Å². The van der Waals surface area contributed by atoms with Crippen molar-refractivity contribution >= 4 is 18.7 Å². The summed E-state index contributed by atoms with van der Waals surface area (Å²) in [6, 6.07) is 7.86. The molecule has 1 aromatic carbocycles. The van der Waals surface area contributed by atoms with Gasteiger partial charge in [0.05, 0.1) is 25.8 Å². The normalized spacial score (nSPS) is 24.6. The second-order valence-electron chi connectivity index (χ2n) is 9.88. The van der Waals surface area contributed by atoms with Crippen LogP contribution >= 0.6 is 7.82 Å². The number of pyridine rings is 1. The van der Waals surface area contributed by atoms with Crippen molar-refractivity contribution in [2.24, 2.45) is 11.8 Å². The molecule has 2 aromatic rings. The molecule has 1 aromatic heterocycles. The number of benzene rings is 1. The molecular formula is C28H41N2O5P. The number of hydrogen-bond acceptors (Lipinski definition) is 7. The van der Waals surface area contributed by atoms with E-state index in [1.807, 2.05) is 24.3 Å². The molecule has 5 atom stereocenters. The predicted molar refractivity (Wildman–Crippen MR) is 143 cm³/mol. The zero-order chi connectivity index (χ0) is 25.5. The molecule has 3 fully saturated rings. The second kappa shape index (κ2) is 12.7. The van der Waals surface area contributed by atoms with E-state index in [-0.39, 0.29) is 6.04 Å². The van der Waals surface area contributed by atoms with Crippen LogP contribution < -0.4 is 4.74 Å². The predicted octanol–water partition coefficient (Wildman–Crippen LogP) is 6.94. The summed E-state index contributed by atoms with van der Waals surface area (Å²) in [4.78, 5) is 7.03. The molecule has 36 heavy (non-hydrogen) atoms. The highest BCUT2D eigenvalue weighted by Crippen LogP contribution is 2.56. The van der Waals surface area contributed by atoms with Crippen molar-refractivity contribution < 1.29 is 22.9 Å². The molecule has 2 unspecified atom stereocenters. The summed E-state index contributed by atoms with van der Waals surface area (Å²) < 4.78 is 37.8. The monoisotopic (exact) mass is 516 g/mol. The molecule has 0 spiro atoms. The number of nitrogens with zero attached hydrogens (tertiary/aromatic N) is 2. The van der Waals surface area contributed by atoms with Crippen molar-refractivity contribution in [3.8, 4) is 5.75 Å². The number of piperidine rings is 3. The fourth-order valence-corrected chi connectivity index (χ4v) is 6.86. The fourth-order valence-electron chi connectivity index (χ4n) is 5.43. The van der Waals surface area contributed by atoms with Crippen LogP contribution in [-0.2, 0) is 18.1 Å². The quantitative estimate of drug-likeness (QED) is 0.153. The van der Waals surface area contributed by atoms with E-state index < -0.39 is 13.9 Å². The second-order valence-corrected chi connectivity index (χ2v) is 11.5. The van der Waals surface area contributed by atoms with Gasteiger partial charge in [0.15, 0.2) is 0 Å². The van der Waals surface area contributed by atoms with E-state index in [0.29, 0.717) is 25.0 Å². The molecule has 0 radical (unpaired) electrons. The van der Waals surface area contributed by atoms with Gasteiger partial charge in [0, 0.05) is 24.2 Å². The van der Waals surface area contributed by atoms with E-state index in [9.17, 15) is 4.57 Å². The zero-order valence-corrected chi connectivity index (χ0v) is 22.8. The summed E-state index contributed by atoms with van der Waals surface area (Å²) in [6.07, 6.45) is 8.94. The van der Waals surface area contributed by atoms with Crippen molar-refractivity contribution in [2.75, 3.05) is 33.4 Å². The van der Waals surface area contributed by atoms with Crippen LogP contribution in [0.25, 0.3) is 10.9 Å². The van der Waals surface area contributed by atoms with Gasteiger partial charge in [0.25, 0.3) is 0 Å². The van der Waals surface area contributed by atoms with Gasteiger partial charge < -0.3 is 4.74 Å². The number of fused-ring (bicyclic) bond motifs is 4. The van der Waals surface area contributed by atoms with Gasteiger partial charge in [-0.2, -0.15) is 0 Å². The molecule has 0 amide bonds. The highest BCUT2D eigenvalue weighted by molar-refractivity contribution is 7.48. The first kappa shape index (κ1) is 27.3.